The third-order valence-electron chi connectivity index (χ3n) is 3.62. The molecule has 1 heterocycles. The molecule has 2 amide bonds. The topological polar surface area (TPSA) is 60.9 Å². The van der Waals surface area contributed by atoms with E-state index in [0.717, 1.165) is 25.9 Å². The second-order valence-electron chi connectivity index (χ2n) is 5.23. The molecule has 104 valence electrons. The molecule has 1 atom stereocenters. The zero-order chi connectivity index (χ0) is 13.7. The number of piperidine rings is 1. The number of urea groups is 1. The summed E-state index contributed by atoms with van der Waals surface area (Å²) < 4.78 is 0. The molecule has 0 bridgehead atoms. The van der Waals surface area contributed by atoms with Gasteiger partial charge in [-0.1, -0.05) is 13.8 Å². The minimum absolute atomic E-state index is 0.0162. The van der Waals surface area contributed by atoms with Crippen LogP contribution in [-0.4, -0.2) is 53.1 Å². The summed E-state index contributed by atoms with van der Waals surface area (Å²) in [7, 11) is 0. The van der Waals surface area contributed by atoms with Gasteiger partial charge in [0.1, 0.15) is 0 Å². The van der Waals surface area contributed by atoms with Gasteiger partial charge in [0.05, 0.1) is 5.92 Å². The van der Waals surface area contributed by atoms with E-state index in [1.165, 1.54) is 0 Å². The van der Waals surface area contributed by atoms with Gasteiger partial charge in [0, 0.05) is 26.2 Å². The van der Waals surface area contributed by atoms with Gasteiger partial charge in [0.15, 0.2) is 0 Å². The first-order chi connectivity index (χ1) is 8.45. The Morgan fingerprint density at radius 3 is 2.39 bits per heavy atom. The van der Waals surface area contributed by atoms with Gasteiger partial charge in [0.25, 0.3) is 0 Å². The van der Waals surface area contributed by atoms with E-state index in [1.807, 2.05) is 11.8 Å². The van der Waals surface area contributed by atoms with Crippen LogP contribution in [0.1, 0.15) is 33.6 Å². The Labute approximate surface area is 109 Å². The highest BCUT2D eigenvalue weighted by molar-refractivity contribution is 5.76. The number of hydrogen-bond acceptors (Lipinski definition) is 2. The zero-order valence-corrected chi connectivity index (χ0v) is 11.6. The molecule has 0 saturated carbocycles. The third-order valence-corrected chi connectivity index (χ3v) is 3.62. The first-order valence-corrected chi connectivity index (χ1v) is 6.72. The number of likely N-dealkylation sites (tertiary alicyclic amines) is 1. The van der Waals surface area contributed by atoms with Crippen molar-refractivity contribution in [2.75, 3.05) is 26.2 Å². The Morgan fingerprint density at radius 2 is 1.94 bits per heavy atom. The molecule has 0 spiro atoms. The maximum atomic E-state index is 12.3. The molecule has 5 nitrogen and oxygen atoms in total. The van der Waals surface area contributed by atoms with Crippen molar-refractivity contribution in [3.63, 3.8) is 0 Å². The summed E-state index contributed by atoms with van der Waals surface area (Å²) >= 11 is 0. The van der Waals surface area contributed by atoms with Gasteiger partial charge in [-0.15, -0.1) is 0 Å². The molecule has 1 unspecified atom stereocenters. The largest absolute Gasteiger partial charge is 0.481 e. The predicted molar refractivity (Wildman–Crippen MR) is 69.4 cm³/mol. The van der Waals surface area contributed by atoms with Gasteiger partial charge in [0.2, 0.25) is 0 Å². The Balaban J connectivity index is 2.54. The molecule has 18 heavy (non-hydrogen) atoms. The number of carboxylic acid groups (broad SMARTS) is 1. The standard InChI is InChI=1S/C13H24N2O3/c1-4-14(9-11(3)12(16)17)13(18)15-7-5-10(2)6-8-15/h10-11H,4-9H2,1-3H3,(H,16,17). The van der Waals surface area contributed by atoms with E-state index in [1.54, 1.807) is 11.8 Å². The summed E-state index contributed by atoms with van der Waals surface area (Å²) in [6.45, 7) is 8.15. The van der Waals surface area contributed by atoms with Gasteiger partial charge in [-0.2, -0.15) is 0 Å². The Hall–Kier alpha value is -1.26. The van der Waals surface area contributed by atoms with Gasteiger partial charge in [-0.25, -0.2) is 4.79 Å². The van der Waals surface area contributed by atoms with Crippen LogP contribution in [0.4, 0.5) is 4.79 Å². The van der Waals surface area contributed by atoms with E-state index in [0.29, 0.717) is 12.5 Å². The van der Waals surface area contributed by atoms with Crippen molar-refractivity contribution in [1.29, 1.82) is 0 Å². The Bertz CT molecular complexity index is 299. The van der Waals surface area contributed by atoms with E-state index in [2.05, 4.69) is 6.92 Å². The molecule has 0 aromatic heterocycles. The average molecular weight is 256 g/mol. The molecular weight excluding hydrogens is 232 g/mol. The van der Waals surface area contributed by atoms with Crippen molar-refractivity contribution in [2.24, 2.45) is 11.8 Å². The predicted octanol–water partition coefficient (Wildman–Crippen LogP) is 1.88. The molecule has 1 fully saturated rings. The first-order valence-electron chi connectivity index (χ1n) is 6.72. The van der Waals surface area contributed by atoms with Gasteiger partial charge in [-0.05, 0) is 25.7 Å². The van der Waals surface area contributed by atoms with Crippen LogP contribution in [0.2, 0.25) is 0 Å². The molecule has 1 N–H and O–H groups in total. The van der Waals surface area contributed by atoms with Crippen LogP contribution in [0.3, 0.4) is 0 Å². The van der Waals surface area contributed by atoms with Crippen LogP contribution < -0.4 is 0 Å². The molecule has 1 saturated heterocycles. The first kappa shape index (κ1) is 14.8. The Kier molecular flexibility index (Phi) is 5.44. The van der Waals surface area contributed by atoms with E-state index in [9.17, 15) is 9.59 Å². The highest BCUT2D eigenvalue weighted by Crippen LogP contribution is 2.17. The monoisotopic (exact) mass is 256 g/mol. The van der Waals surface area contributed by atoms with E-state index < -0.39 is 11.9 Å². The number of hydrogen-bond donors (Lipinski definition) is 1. The molecule has 0 radical (unpaired) electrons. The van der Waals surface area contributed by atoms with E-state index in [4.69, 9.17) is 5.11 Å². The van der Waals surface area contributed by atoms with E-state index in [-0.39, 0.29) is 12.6 Å². The number of carbonyl (C=O) groups is 2. The van der Waals surface area contributed by atoms with Gasteiger partial charge >= 0.3 is 12.0 Å². The summed E-state index contributed by atoms with van der Waals surface area (Å²) in [6, 6.07) is -0.0162. The minimum Gasteiger partial charge on any atom is -0.481 e. The summed E-state index contributed by atoms with van der Waals surface area (Å²) in [6.07, 6.45) is 2.08. The molecule has 0 aliphatic carbocycles. The summed E-state index contributed by atoms with van der Waals surface area (Å²) in [5.74, 6) is -0.687. The van der Waals surface area contributed by atoms with Gasteiger partial charge < -0.3 is 14.9 Å². The second kappa shape index (κ2) is 6.61. The van der Waals surface area contributed by atoms with Gasteiger partial charge in [-0.3, -0.25) is 4.79 Å². The average Bonchev–Trinajstić information content (AvgIpc) is 2.35. The summed E-state index contributed by atoms with van der Waals surface area (Å²) in [4.78, 5) is 26.6. The summed E-state index contributed by atoms with van der Waals surface area (Å²) in [5.41, 5.74) is 0. The molecule has 0 aromatic rings. The van der Waals surface area contributed by atoms with Crippen molar-refractivity contribution in [3.8, 4) is 0 Å². The fourth-order valence-corrected chi connectivity index (χ4v) is 2.15. The SMILES string of the molecule is CCN(CC(C)C(=O)O)C(=O)N1CCC(C)CC1. The number of aliphatic carboxylic acids is 1. The molecular formula is C13H24N2O3. The third kappa shape index (κ3) is 3.89. The summed E-state index contributed by atoms with van der Waals surface area (Å²) in [5, 5.41) is 8.90. The highest BCUT2D eigenvalue weighted by atomic mass is 16.4. The fourth-order valence-electron chi connectivity index (χ4n) is 2.15. The normalized spacial score (nSPS) is 18.5. The number of amides is 2. The highest BCUT2D eigenvalue weighted by Gasteiger charge is 2.26. The maximum Gasteiger partial charge on any atom is 0.320 e. The fraction of sp³-hybridized carbons (Fsp3) is 0.846. The van der Waals surface area contributed by atoms with Crippen molar-refractivity contribution in [1.82, 2.24) is 9.80 Å². The number of carbonyl (C=O) groups excluding carboxylic acids is 1. The second-order valence-corrected chi connectivity index (χ2v) is 5.23. The van der Waals surface area contributed by atoms with E-state index >= 15 is 0 Å². The van der Waals surface area contributed by atoms with Crippen LogP contribution in [-0.2, 0) is 4.79 Å². The molecule has 1 aliphatic heterocycles. The quantitative estimate of drug-likeness (QED) is 0.835. The van der Waals surface area contributed by atoms with Crippen LogP contribution in [0.25, 0.3) is 0 Å². The number of carboxylic acids is 1. The lowest BCUT2D eigenvalue weighted by Crippen LogP contribution is -2.48. The van der Waals surface area contributed by atoms with Crippen LogP contribution in [0.15, 0.2) is 0 Å². The maximum absolute atomic E-state index is 12.3. The molecule has 1 aliphatic rings. The van der Waals surface area contributed by atoms with Crippen molar-refractivity contribution in [3.05, 3.63) is 0 Å². The molecule has 5 heteroatoms. The van der Waals surface area contributed by atoms with Crippen LogP contribution in [0.5, 0.6) is 0 Å². The lowest BCUT2D eigenvalue weighted by Gasteiger charge is -2.35. The zero-order valence-electron chi connectivity index (χ0n) is 11.6. The minimum atomic E-state index is -0.853. The van der Waals surface area contributed by atoms with Crippen molar-refractivity contribution < 1.29 is 14.7 Å². The van der Waals surface area contributed by atoms with Crippen LogP contribution >= 0.6 is 0 Å². The lowest BCUT2D eigenvalue weighted by atomic mass is 9.99. The molecule has 0 aromatic carbocycles. The van der Waals surface area contributed by atoms with Crippen molar-refractivity contribution >= 4 is 12.0 Å². The molecule has 1 rings (SSSR count). The van der Waals surface area contributed by atoms with Crippen molar-refractivity contribution in [2.45, 2.75) is 33.6 Å². The smallest absolute Gasteiger partial charge is 0.320 e. The number of nitrogens with zero attached hydrogens (tertiary/aromatic N) is 2. The Morgan fingerprint density at radius 1 is 1.39 bits per heavy atom. The number of rotatable bonds is 4. The lowest BCUT2D eigenvalue weighted by molar-refractivity contribution is -0.141. The van der Waals surface area contributed by atoms with Crippen LogP contribution in [0, 0.1) is 11.8 Å².